The normalized spacial score (nSPS) is 14.8. The predicted octanol–water partition coefficient (Wildman–Crippen LogP) is -0.844. The predicted molar refractivity (Wildman–Crippen MR) is 63.0 cm³/mol. The third-order valence-electron chi connectivity index (χ3n) is 2.26. The maximum Gasteiger partial charge on any atom is 0.321 e. The van der Waals surface area contributed by atoms with Crippen molar-refractivity contribution in [2.45, 2.75) is 19.4 Å². The second kappa shape index (κ2) is 5.78. The topological polar surface area (TPSA) is 109 Å². The van der Waals surface area contributed by atoms with E-state index in [-0.39, 0.29) is 6.42 Å². The zero-order chi connectivity index (χ0) is 13.9. The molecule has 0 bridgehead atoms. The fourth-order valence-electron chi connectivity index (χ4n) is 1.18. The molecule has 0 heterocycles. The van der Waals surface area contributed by atoms with E-state index in [0.29, 0.717) is 4.31 Å². The lowest BCUT2D eigenvalue weighted by molar-refractivity contribution is -0.141. The second-order valence-corrected chi connectivity index (χ2v) is 8.13. The fraction of sp³-hybridized carbons (Fsp3) is 0.875. The summed E-state index contributed by atoms with van der Waals surface area (Å²) in [5, 5.41) is 8.81. The highest BCUT2D eigenvalue weighted by molar-refractivity contribution is 7.93. The molecule has 0 aliphatic rings. The summed E-state index contributed by atoms with van der Waals surface area (Å²) in [6.45, 7) is 1.54. The number of hydrogen-bond donors (Lipinski definition) is 1. The van der Waals surface area contributed by atoms with Gasteiger partial charge in [-0.15, -0.1) is 0 Å². The van der Waals surface area contributed by atoms with Gasteiger partial charge in [0.25, 0.3) is 0 Å². The molecule has 0 aromatic carbocycles. The minimum absolute atomic E-state index is 0.115. The van der Waals surface area contributed by atoms with E-state index in [2.05, 4.69) is 0 Å². The Morgan fingerprint density at radius 2 is 1.71 bits per heavy atom. The molecule has 102 valence electrons. The van der Waals surface area contributed by atoms with Gasteiger partial charge in [0.1, 0.15) is 15.9 Å². The molecule has 0 amide bonds. The van der Waals surface area contributed by atoms with Crippen LogP contribution in [0.5, 0.6) is 0 Å². The van der Waals surface area contributed by atoms with Crippen LogP contribution in [0.4, 0.5) is 0 Å². The Balaban J connectivity index is 4.88. The zero-order valence-electron chi connectivity index (χ0n) is 9.95. The molecule has 0 aliphatic heterocycles. The summed E-state index contributed by atoms with van der Waals surface area (Å²) in [5.41, 5.74) is 0. The lowest BCUT2D eigenvalue weighted by Gasteiger charge is -2.22. The molecule has 1 atom stereocenters. The van der Waals surface area contributed by atoms with Crippen LogP contribution in [0.3, 0.4) is 0 Å². The highest BCUT2D eigenvalue weighted by Crippen LogP contribution is 2.09. The van der Waals surface area contributed by atoms with Crippen LogP contribution in [0.25, 0.3) is 0 Å². The van der Waals surface area contributed by atoms with Gasteiger partial charge in [0.05, 0.1) is 11.5 Å². The number of likely N-dealkylation sites (N-methyl/N-ethyl adjacent to an activating group) is 1. The number of rotatable bonds is 7. The van der Waals surface area contributed by atoms with Crippen molar-refractivity contribution in [3.8, 4) is 0 Å². The molecule has 0 fully saturated rings. The van der Waals surface area contributed by atoms with E-state index in [9.17, 15) is 21.6 Å². The van der Waals surface area contributed by atoms with E-state index >= 15 is 0 Å². The highest BCUT2D eigenvalue weighted by Gasteiger charge is 2.30. The van der Waals surface area contributed by atoms with Crippen molar-refractivity contribution >= 4 is 25.8 Å². The van der Waals surface area contributed by atoms with Crippen LogP contribution in [-0.4, -0.2) is 63.1 Å². The van der Waals surface area contributed by atoms with E-state index in [4.69, 9.17) is 5.11 Å². The third-order valence-corrected chi connectivity index (χ3v) is 5.32. The number of nitrogens with zero attached hydrogens (tertiary/aromatic N) is 1. The SMILES string of the molecule is CCC(C(=O)O)N(C)S(=O)(=O)CCS(C)(=O)=O. The Morgan fingerprint density at radius 1 is 1.24 bits per heavy atom. The second-order valence-electron chi connectivity index (χ2n) is 3.72. The van der Waals surface area contributed by atoms with Crippen LogP contribution in [0.1, 0.15) is 13.3 Å². The molecule has 0 aromatic heterocycles. The lowest BCUT2D eigenvalue weighted by Crippen LogP contribution is -2.43. The van der Waals surface area contributed by atoms with Gasteiger partial charge in [-0.2, -0.15) is 4.31 Å². The number of hydrogen-bond acceptors (Lipinski definition) is 5. The van der Waals surface area contributed by atoms with Gasteiger partial charge in [-0.1, -0.05) is 6.92 Å². The van der Waals surface area contributed by atoms with Gasteiger partial charge in [-0.3, -0.25) is 4.79 Å². The fourth-order valence-corrected chi connectivity index (χ4v) is 4.15. The van der Waals surface area contributed by atoms with Crippen molar-refractivity contribution in [2.24, 2.45) is 0 Å². The maximum absolute atomic E-state index is 11.7. The molecule has 9 heteroatoms. The largest absolute Gasteiger partial charge is 0.480 e. The minimum atomic E-state index is -3.88. The standard InChI is InChI=1S/C8H17NO6S2/c1-4-7(8(10)11)9(2)17(14,15)6-5-16(3,12)13/h7H,4-6H2,1-3H3,(H,10,11). The quantitative estimate of drug-likeness (QED) is 0.653. The number of carbonyl (C=O) groups is 1. The smallest absolute Gasteiger partial charge is 0.321 e. The first-order valence-electron chi connectivity index (χ1n) is 4.87. The van der Waals surface area contributed by atoms with Gasteiger partial charge < -0.3 is 5.11 Å². The first-order chi connectivity index (χ1) is 7.51. The molecule has 0 aromatic rings. The lowest BCUT2D eigenvalue weighted by atomic mass is 10.2. The molecular formula is C8H17NO6S2. The van der Waals surface area contributed by atoms with Crippen molar-refractivity contribution in [1.29, 1.82) is 0 Å². The number of carboxylic acids is 1. The number of aliphatic carboxylic acids is 1. The molecule has 7 nitrogen and oxygen atoms in total. The van der Waals surface area contributed by atoms with Gasteiger partial charge in [0, 0.05) is 13.3 Å². The van der Waals surface area contributed by atoms with E-state index in [1.54, 1.807) is 6.92 Å². The summed E-state index contributed by atoms with van der Waals surface area (Å²) in [6, 6.07) is -1.17. The summed E-state index contributed by atoms with van der Waals surface area (Å²) in [6.07, 6.45) is 1.04. The molecular weight excluding hydrogens is 270 g/mol. The van der Waals surface area contributed by atoms with Crippen molar-refractivity contribution in [3.63, 3.8) is 0 Å². The average molecular weight is 287 g/mol. The summed E-state index contributed by atoms with van der Waals surface area (Å²) in [7, 11) is -6.13. The van der Waals surface area contributed by atoms with Crippen LogP contribution in [-0.2, 0) is 24.7 Å². The monoisotopic (exact) mass is 287 g/mol. The zero-order valence-corrected chi connectivity index (χ0v) is 11.6. The van der Waals surface area contributed by atoms with Crippen LogP contribution >= 0.6 is 0 Å². The Bertz CT molecular complexity index is 466. The van der Waals surface area contributed by atoms with Crippen molar-refractivity contribution in [2.75, 3.05) is 24.8 Å². The van der Waals surface area contributed by atoms with Gasteiger partial charge in [-0.05, 0) is 6.42 Å². The summed E-state index contributed by atoms with van der Waals surface area (Å²) < 4.78 is 45.8. The molecule has 0 radical (unpaired) electrons. The number of sulfonamides is 1. The maximum atomic E-state index is 11.7. The first kappa shape index (κ1) is 16.3. The molecule has 0 spiro atoms. The Morgan fingerprint density at radius 3 is 2.00 bits per heavy atom. The van der Waals surface area contributed by atoms with E-state index in [1.807, 2.05) is 0 Å². The summed E-state index contributed by atoms with van der Waals surface area (Å²) in [5.74, 6) is -2.38. The minimum Gasteiger partial charge on any atom is -0.480 e. The molecule has 0 aliphatic carbocycles. The van der Waals surface area contributed by atoms with Crippen LogP contribution in [0.2, 0.25) is 0 Å². The molecule has 0 saturated heterocycles. The van der Waals surface area contributed by atoms with Gasteiger partial charge >= 0.3 is 5.97 Å². The Labute approximate surface area is 101 Å². The Kier molecular flexibility index (Phi) is 5.56. The average Bonchev–Trinajstić information content (AvgIpc) is 2.14. The van der Waals surface area contributed by atoms with Crippen LogP contribution in [0, 0.1) is 0 Å². The van der Waals surface area contributed by atoms with E-state index in [1.165, 1.54) is 0 Å². The van der Waals surface area contributed by atoms with Crippen molar-refractivity contribution in [1.82, 2.24) is 4.31 Å². The number of carboxylic acid groups (broad SMARTS) is 1. The first-order valence-corrected chi connectivity index (χ1v) is 8.54. The van der Waals surface area contributed by atoms with Gasteiger partial charge in [-0.25, -0.2) is 16.8 Å². The van der Waals surface area contributed by atoms with Crippen molar-refractivity contribution in [3.05, 3.63) is 0 Å². The third kappa shape index (κ3) is 5.46. The molecule has 1 unspecified atom stereocenters. The molecule has 0 saturated carbocycles. The molecule has 17 heavy (non-hydrogen) atoms. The van der Waals surface area contributed by atoms with Gasteiger partial charge in [0.15, 0.2) is 0 Å². The summed E-state index contributed by atoms with van der Waals surface area (Å²) >= 11 is 0. The van der Waals surface area contributed by atoms with Crippen LogP contribution in [0.15, 0.2) is 0 Å². The molecule has 0 rings (SSSR count). The number of sulfone groups is 1. The van der Waals surface area contributed by atoms with Crippen LogP contribution < -0.4 is 0 Å². The van der Waals surface area contributed by atoms with E-state index in [0.717, 1.165) is 13.3 Å². The van der Waals surface area contributed by atoms with E-state index < -0.39 is 43.4 Å². The highest BCUT2D eigenvalue weighted by atomic mass is 32.2. The van der Waals surface area contributed by atoms with Crippen molar-refractivity contribution < 1.29 is 26.7 Å². The molecule has 1 N–H and O–H groups in total. The Hall–Kier alpha value is -0.670. The summed E-state index contributed by atoms with van der Waals surface area (Å²) in [4.78, 5) is 10.8. The van der Waals surface area contributed by atoms with Gasteiger partial charge in [0.2, 0.25) is 10.0 Å².